The van der Waals surface area contributed by atoms with E-state index in [1.807, 2.05) is 18.7 Å². The minimum absolute atomic E-state index is 0.00137. The van der Waals surface area contributed by atoms with Gasteiger partial charge in [-0.15, -0.1) is 0 Å². The minimum atomic E-state index is -0.00137. The van der Waals surface area contributed by atoms with Gasteiger partial charge in [0.2, 0.25) is 0 Å². The van der Waals surface area contributed by atoms with Gasteiger partial charge in [-0.05, 0) is 45.1 Å². The van der Waals surface area contributed by atoms with E-state index in [1.54, 1.807) is 18.6 Å². The van der Waals surface area contributed by atoms with Crippen molar-refractivity contribution in [2.75, 3.05) is 26.2 Å². The molecule has 2 fully saturated rings. The zero-order chi connectivity index (χ0) is 18.1. The predicted octanol–water partition coefficient (Wildman–Crippen LogP) is 2.21. The van der Waals surface area contributed by atoms with Gasteiger partial charge < -0.3 is 9.42 Å². The summed E-state index contributed by atoms with van der Waals surface area (Å²) in [6.07, 6.45) is 8.02. The number of carbonyl (C=O) groups is 1. The summed E-state index contributed by atoms with van der Waals surface area (Å²) in [7, 11) is 0. The molecule has 2 aliphatic rings. The van der Waals surface area contributed by atoms with E-state index in [0.717, 1.165) is 57.0 Å². The van der Waals surface area contributed by atoms with Gasteiger partial charge in [0.05, 0.1) is 11.9 Å². The van der Waals surface area contributed by atoms with Crippen LogP contribution in [0.1, 0.15) is 46.8 Å². The first-order valence-corrected chi connectivity index (χ1v) is 9.26. The van der Waals surface area contributed by atoms with Crippen LogP contribution in [0.15, 0.2) is 23.1 Å². The molecule has 2 aromatic rings. The fourth-order valence-electron chi connectivity index (χ4n) is 4.28. The second-order valence-corrected chi connectivity index (χ2v) is 7.65. The zero-order valence-electron chi connectivity index (χ0n) is 15.4. The summed E-state index contributed by atoms with van der Waals surface area (Å²) >= 11 is 0. The highest BCUT2D eigenvalue weighted by Crippen LogP contribution is 2.41. The monoisotopic (exact) mass is 355 g/mol. The lowest BCUT2D eigenvalue weighted by atomic mass is 9.77. The van der Waals surface area contributed by atoms with Crippen LogP contribution in [0.25, 0.3) is 0 Å². The number of aryl methyl sites for hydroxylation is 2. The molecule has 2 aromatic heterocycles. The lowest BCUT2D eigenvalue weighted by Crippen LogP contribution is -2.44. The molecule has 1 amide bonds. The summed E-state index contributed by atoms with van der Waals surface area (Å²) in [6, 6.07) is 0. The highest BCUT2D eigenvalue weighted by molar-refractivity contribution is 5.92. The van der Waals surface area contributed by atoms with Crippen molar-refractivity contribution in [3.63, 3.8) is 0 Å². The Balaban J connectivity index is 1.35. The lowest BCUT2D eigenvalue weighted by molar-refractivity contribution is 0.0581. The van der Waals surface area contributed by atoms with Crippen LogP contribution in [-0.4, -0.2) is 57.0 Å². The van der Waals surface area contributed by atoms with Crippen molar-refractivity contribution in [2.24, 2.45) is 5.41 Å². The number of nitrogens with zero attached hydrogens (tertiary/aromatic N) is 5. The molecule has 4 heterocycles. The van der Waals surface area contributed by atoms with Gasteiger partial charge >= 0.3 is 0 Å². The molecule has 4 rings (SSSR count). The number of hydrogen-bond acceptors (Lipinski definition) is 6. The van der Waals surface area contributed by atoms with Crippen LogP contribution in [0.2, 0.25) is 0 Å². The van der Waals surface area contributed by atoms with Gasteiger partial charge in [-0.2, -0.15) is 0 Å². The van der Waals surface area contributed by atoms with Crippen LogP contribution in [0.5, 0.6) is 0 Å². The van der Waals surface area contributed by atoms with E-state index in [1.165, 1.54) is 12.0 Å². The number of piperidine rings is 1. The van der Waals surface area contributed by atoms with E-state index < -0.39 is 0 Å². The number of rotatable bonds is 3. The van der Waals surface area contributed by atoms with Gasteiger partial charge in [-0.1, -0.05) is 5.16 Å². The maximum absolute atomic E-state index is 12.5. The molecule has 1 spiro atoms. The van der Waals surface area contributed by atoms with Crippen molar-refractivity contribution in [1.29, 1.82) is 0 Å². The van der Waals surface area contributed by atoms with E-state index in [2.05, 4.69) is 20.0 Å². The van der Waals surface area contributed by atoms with Gasteiger partial charge in [0, 0.05) is 44.1 Å². The Morgan fingerprint density at radius 2 is 1.96 bits per heavy atom. The van der Waals surface area contributed by atoms with Crippen LogP contribution in [0, 0.1) is 19.3 Å². The number of amides is 1. The molecule has 0 unspecified atom stereocenters. The molecule has 0 radical (unpaired) electrons. The minimum Gasteiger partial charge on any atom is -0.361 e. The molecule has 26 heavy (non-hydrogen) atoms. The Morgan fingerprint density at radius 1 is 1.19 bits per heavy atom. The molecular formula is C19H25N5O2. The summed E-state index contributed by atoms with van der Waals surface area (Å²) in [5.74, 6) is 0.923. The highest BCUT2D eigenvalue weighted by atomic mass is 16.5. The van der Waals surface area contributed by atoms with Gasteiger partial charge in [-0.25, -0.2) is 4.98 Å². The van der Waals surface area contributed by atoms with Gasteiger partial charge in [0.1, 0.15) is 11.5 Å². The molecule has 0 atom stereocenters. The second kappa shape index (κ2) is 6.79. The van der Waals surface area contributed by atoms with Crippen LogP contribution in [0.4, 0.5) is 0 Å². The predicted molar refractivity (Wildman–Crippen MR) is 95.5 cm³/mol. The zero-order valence-corrected chi connectivity index (χ0v) is 15.4. The summed E-state index contributed by atoms with van der Waals surface area (Å²) in [5.41, 5.74) is 2.98. The lowest BCUT2D eigenvalue weighted by Gasteiger charge is -2.39. The van der Waals surface area contributed by atoms with Crippen molar-refractivity contribution in [3.8, 4) is 0 Å². The van der Waals surface area contributed by atoms with Crippen molar-refractivity contribution >= 4 is 5.91 Å². The van der Waals surface area contributed by atoms with Gasteiger partial charge in [-0.3, -0.25) is 14.7 Å². The largest absolute Gasteiger partial charge is 0.361 e. The summed E-state index contributed by atoms with van der Waals surface area (Å²) < 4.78 is 5.29. The van der Waals surface area contributed by atoms with E-state index in [-0.39, 0.29) is 5.91 Å². The van der Waals surface area contributed by atoms with Crippen LogP contribution in [0.3, 0.4) is 0 Å². The van der Waals surface area contributed by atoms with E-state index in [0.29, 0.717) is 11.1 Å². The van der Waals surface area contributed by atoms with Crippen molar-refractivity contribution in [1.82, 2.24) is 24.9 Å². The molecule has 0 N–H and O–H groups in total. The number of likely N-dealkylation sites (tertiary alicyclic amines) is 2. The fraction of sp³-hybridized carbons (Fsp3) is 0.579. The SMILES string of the molecule is Cc1noc(C)c1CN1CCC2(CCN(C(=O)c3cnccn3)CC2)C1. The van der Waals surface area contributed by atoms with Gasteiger partial charge in [0.25, 0.3) is 5.91 Å². The molecule has 0 saturated carbocycles. The van der Waals surface area contributed by atoms with Crippen molar-refractivity contribution in [2.45, 2.75) is 39.7 Å². The molecule has 0 aromatic carbocycles. The van der Waals surface area contributed by atoms with Crippen LogP contribution in [-0.2, 0) is 6.54 Å². The number of carbonyl (C=O) groups excluding carboxylic acids is 1. The third-order valence-corrected chi connectivity index (χ3v) is 5.97. The Morgan fingerprint density at radius 3 is 2.62 bits per heavy atom. The topological polar surface area (TPSA) is 75.4 Å². The first-order valence-electron chi connectivity index (χ1n) is 9.26. The smallest absolute Gasteiger partial charge is 0.274 e. The number of hydrogen-bond donors (Lipinski definition) is 0. The first-order chi connectivity index (χ1) is 12.6. The standard InChI is InChI=1S/C19H25N5O2/c1-14-16(15(2)26-22-14)12-23-8-3-19(13-23)4-9-24(10-5-19)18(25)17-11-20-6-7-21-17/h6-7,11H,3-5,8-10,12-13H2,1-2H3. The fourth-order valence-corrected chi connectivity index (χ4v) is 4.28. The number of aromatic nitrogens is 3. The third kappa shape index (κ3) is 3.23. The van der Waals surface area contributed by atoms with E-state index >= 15 is 0 Å². The van der Waals surface area contributed by atoms with Crippen molar-refractivity contribution < 1.29 is 9.32 Å². The maximum Gasteiger partial charge on any atom is 0.274 e. The maximum atomic E-state index is 12.5. The Labute approximate surface area is 153 Å². The third-order valence-electron chi connectivity index (χ3n) is 5.97. The highest BCUT2D eigenvalue weighted by Gasteiger charge is 2.41. The molecule has 2 saturated heterocycles. The summed E-state index contributed by atoms with van der Waals surface area (Å²) in [4.78, 5) is 25.1. The molecule has 7 heteroatoms. The van der Waals surface area contributed by atoms with Crippen LogP contribution < -0.4 is 0 Å². The van der Waals surface area contributed by atoms with Crippen LogP contribution >= 0.6 is 0 Å². The average Bonchev–Trinajstić information content (AvgIpc) is 3.21. The Bertz CT molecular complexity index is 761. The molecular weight excluding hydrogens is 330 g/mol. The molecule has 138 valence electrons. The first kappa shape index (κ1) is 17.1. The van der Waals surface area contributed by atoms with Crippen molar-refractivity contribution in [3.05, 3.63) is 41.3 Å². The Hall–Kier alpha value is -2.28. The molecule has 0 aliphatic carbocycles. The van der Waals surface area contributed by atoms with E-state index in [4.69, 9.17) is 4.52 Å². The second-order valence-electron chi connectivity index (χ2n) is 7.65. The van der Waals surface area contributed by atoms with Gasteiger partial charge in [0.15, 0.2) is 0 Å². The molecule has 0 bridgehead atoms. The Kier molecular flexibility index (Phi) is 4.48. The summed E-state index contributed by atoms with van der Waals surface area (Å²) in [6.45, 7) is 8.69. The normalized spacial score (nSPS) is 20.0. The molecule has 2 aliphatic heterocycles. The summed E-state index contributed by atoms with van der Waals surface area (Å²) in [5, 5.41) is 4.06. The average molecular weight is 355 g/mol. The van der Waals surface area contributed by atoms with E-state index in [9.17, 15) is 4.79 Å². The quantitative estimate of drug-likeness (QED) is 0.840. The molecule has 7 nitrogen and oxygen atoms in total.